The number of halogens is 4. The molecule has 2 aromatic carbocycles. The van der Waals surface area contributed by atoms with Gasteiger partial charge in [0.2, 0.25) is 17.4 Å². The molecule has 1 aliphatic heterocycles. The first-order valence-electron chi connectivity index (χ1n) is 16.0. The number of anilines is 1. The third-order valence-electron chi connectivity index (χ3n) is 8.83. The molecule has 6 rings (SSSR count). The van der Waals surface area contributed by atoms with Gasteiger partial charge in [-0.2, -0.15) is 13.2 Å². The highest BCUT2D eigenvalue weighted by molar-refractivity contribution is 6.33. The highest BCUT2D eigenvalue weighted by Crippen LogP contribution is 2.34. The van der Waals surface area contributed by atoms with Gasteiger partial charge in [0.05, 0.1) is 47.1 Å². The summed E-state index contributed by atoms with van der Waals surface area (Å²) in [5.41, 5.74) is -0.849. The van der Waals surface area contributed by atoms with E-state index in [2.05, 4.69) is 20.3 Å². The highest BCUT2D eigenvalue weighted by atomic mass is 35.5. The van der Waals surface area contributed by atoms with Crippen molar-refractivity contribution in [2.45, 2.75) is 45.9 Å². The number of oxazole rings is 1. The number of hydrogen-bond donors (Lipinski definition) is 3. The van der Waals surface area contributed by atoms with Gasteiger partial charge in [0.15, 0.2) is 11.4 Å². The molecule has 1 saturated heterocycles. The van der Waals surface area contributed by atoms with Gasteiger partial charge in [0, 0.05) is 29.9 Å². The number of aromatic nitrogens is 4. The standard InChI is InChI=1S/C35H33ClF3N7O6/c1-18-29(48)28(41-17-40-18)32(49)44-11-13-45(14-12-44)46-19(2)23(16-26(47)42-25-10-9-22(15-24(25)36)35(37,38)39)27-30(33(46)50)52-31(43-27)20-5-7-21(8-6-20)34(3,4)51/h5-10,15,17,48,51H,11-14,16H2,1-4H3,(H,42,47). The molecule has 3 aromatic heterocycles. The van der Waals surface area contributed by atoms with Crippen LogP contribution in [-0.2, 0) is 23.0 Å². The van der Waals surface area contributed by atoms with Gasteiger partial charge in [-0.05, 0) is 63.6 Å². The fraction of sp³-hybridized carbons (Fsp3) is 0.314. The molecular weight excluding hydrogens is 707 g/mol. The van der Waals surface area contributed by atoms with Crippen LogP contribution in [0.2, 0.25) is 5.02 Å². The summed E-state index contributed by atoms with van der Waals surface area (Å²) in [6.45, 7) is 7.11. The molecule has 1 fully saturated rings. The van der Waals surface area contributed by atoms with Crippen molar-refractivity contribution < 1.29 is 37.4 Å². The molecule has 17 heteroatoms. The van der Waals surface area contributed by atoms with Crippen molar-refractivity contribution in [1.82, 2.24) is 24.5 Å². The predicted octanol–water partition coefficient (Wildman–Crippen LogP) is 4.94. The minimum Gasteiger partial charge on any atom is -0.504 e. The summed E-state index contributed by atoms with van der Waals surface area (Å²) in [5, 5.41) is 24.7. The lowest BCUT2D eigenvalue weighted by atomic mass is 9.97. The Morgan fingerprint density at radius 3 is 2.27 bits per heavy atom. The summed E-state index contributed by atoms with van der Waals surface area (Å²) in [6, 6.07) is 9.31. The lowest BCUT2D eigenvalue weighted by Gasteiger charge is -2.37. The molecule has 0 bridgehead atoms. The summed E-state index contributed by atoms with van der Waals surface area (Å²) >= 11 is 6.10. The number of alkyl halides is 3. The average Bonchev–Trinajstić information content (AvgIpc) is 3.54. The summed E-state index contributed by atoms with van der Waals surface area (Å²) in [5.74, 6) is -1.39. The van der Waals surface area contributed by atoms with Crippen LogP contribution in [0.5, 0.6) is 5.75 Å². The van der Waals surface area contributed by atoms with Crippen LogP contribution in [-0.4, -0.2) is 72.7 Å². The molecule has 272 valence electrons. The van der Waals surface area contributed by atoms with Gasteiger partial charge < -0.3 is 29.9 Å². The number of nitrogens with one attached hydrogen (secondary N) is 1. The number of nitrogens with zero attached hydrogens (tertiary/aromatic N) is 6. The first kappa shape index (κ1) is 36.3. The van der Waals surface area contributed by atoms with E-state index < -0.39 is 34.7 Å². The maximum atomic E-state index is 14.1. The van der Waals surface area contributed by atoms with Crippen LogP contribution < -0.4 is 15.9 Å². The Balaban J connectivity index is 1.35. The number of benzene rings is 2. The van der Waals surface area contributed by atoms with Crippen LogP contribution >= 0.6 is 11.6 Å². The number of carbonyl (C=O) groups is 2. The topological polar surface area (TPSA) is 167 Å². The fourth-order valence-corrected chi connectivity index (χ4v) is 6.16. The number of piperazine rings is 1. The lowest BCUT2D eigenvalue weighted by molar-refractivity contribution is -0.137. The largest absolute Gasteiger partial charge is 0.504 e. The van der Waals surface area contributed by atoms with E-state index >= 15 is 0 Å². The number of rotatable bonds is 7. The Morgan fingerprint density at radius 2 is 1.65 bits per heavy atom. The SMILES string of the molecule is Cc1ncnc(C(=O)N2CCN(n3c(C)c(CC(=O)Nc4ccc(C(F)(F)F)cc4Cl)c4nc(-c5ccc(C(C)(C)O)cc5)oc4c3=O)CC2)c1O. The van der Waals surface area contributed by atoms with E-state index in [0.29, 0.717) is 28.5 Å². The number of carbonyl (C=O) groups excluding carboxylic acids is 2. The van der Waals surface area contributed by atoms with Crippen LogP contribution in [0, 0.1) is 13.8 Å². The number of amides is 2. The van der Waals surface area contributed by atoms with Gasteiger partial charge >= 0.3 is 11.7 Å². The number of pyridine rings is 1. The maximum absolute atomic E-state index is 14.1. The third kappa shape index (κ3) is 7.03. The second-order valence-electron chi connectivity index (χ2n) is 12.8. The van der Waals surface area contributed by atoms with Crippen LogP contribution in [0.3, 0.4) is 0 Å². The van der Waals surface area contributed by atoms with Crippen molar-refractivity contribution in [3.63, 3.8) is 0 Å². The first-order chi connectivity index (χ1) is 24.4. The van der Waals surface area contributed by atoms with Crippen LogP contribution in [0.1, 0.15) is 52.4 Å². The number of aryl methyl sites for hydroxylation is 1. The maximum Gasteiger partial charge on any atom is 0.416 e. The lowest BCUT2D eigenvalue weighted by Crippen LogP contribution is -2.56. The number of aromatic hydroxyl groups is 1. The van der Waals surface area contributed by atoms with E-state index in [4.69, 9.17) is 16.0 Å². The predicted molar refractivity (Wildman–Crippen MR) is 185 cm³/mol. The molecule has 0 radical (unpaired) electrons. The Kier molecular flexibility index (Phi) is 9.48. The average molecular weight is 740 g/mol. The second kappa shape index (κ2) is 13.6. The zero-order valence-electron chi connectivity index (χ0n) is 28.4. The smallest absolute Gasteiger partial charge is 0.416 e. The number of hydrogen-bond acceptors (Lipinski definition) is 10. The van der Waals surface area contributed by atoms with Gasteiger partial charge in [0.1, 0.15) is 11.8 Å². The Bertz CT molecular complexity index is 2260. The molecule has 0 spiro atoms. The Labute approximate surface area is 299 Å². The summed E-state index contributed by atoms with van der Waals surface area (Å²) in [6.07, 6.45) is -3.81. The van der Waals surface area contributed by atoms with Crippen molar-refractivity contribution in [2.75, 3.05) is 36.5 Å². The normalized spacial score (nSPS) is 13.9. The van der Waals surface area contributed by atoms with E-state index in [-0.39, 0.29) is 77.4 Å². The highest BCUT2D eigenvalue weighted by Gasteiger charge is 2.32. The van der Waals surface area contributed by atoms with Crippen molar-refractivity contribution in [3.8, 4) is 17.2 Å². The second-order valence-corrected chi connectivity index (χ2v) is 13.2. The molecule has 0 saturated carbocycles. The third-order valence-corrected chi connectivity index (χ3v) is 9.15. The number of aliphatic hydroxyl groups is 1. The van der Waals surface area contributed by atoms with E-state index in [0.717, 1.165) is 12.1 Å². The molecule has 5 aromatic rings. The molecule has 13 nitrogen and oxygen atoms in total. The molecule has 52 heavy (non-hydrogen) atoms. The molecule has 0 atom stereocenters. The summed E-state index contributed by atoms with van der Waals surface area (Å²) in [4.78, 5) is 54.7. The first-order valence-corrected chi connectivity index (χ1v) is 16.4. The van der Waals surface area contributed by atoms with E-state index in [1.165, 1.54) is 15.9 Å². The molecule has 0 unspecified atom stereocenters. The fourth-order valence-electron chi connectivity index (χ4n) is 5.93. The zero-order valence-corrected chi connectivity index (χ0v) is 29.1. The molecule has 0 aliphatic carbocycles. The Hall–Kier alpha value is -5.48. The van der Waals surface area contributed by atoms with E-state index in [1.807, 2.05) is 0 Å². The van der Waals surface area contributed by atoms with Gasteiger partial charge in [0.25, 0.3) is 5.91 Å². The minimum atomic E-state index is -4.63. The molecule has 4 heterocycles. The minimum absolute atomic E-state index is 0.0414. The van der Waals surface area contributed by atoms with Gasteiger partial charge in [-0.15, -0.1) is 0 Å². The van der Waals surface area contributed by atoms with Crippen molar-refractivity contribution >= 4 is 40.2 Å². The van der Waals surface area contributed by atoms with Gasteiger partial charge in [-0.25, -0.2) is 19.6 Å². The molecule has 1 aliphatic rings. The van der Waals surface area contributed by atoms with Crippen LogP contribution in [0.25, 0.3) is 22.6 Å². The monoisotopic (exact) mass is 739 g/mol. The summed E-state index contributed by atoms with van der Waals surface area (Å²) in [7, 11) is 0. The van der Waals surface area contributed by atoms with E-state index in [1.54, 1.807) is 57.0 Å². The van der Waals surface area contributed by atoms with Crippen LogP contribution in [0.15, 0.2) is 58.0 Å². The van der Waals surface area contributed by atoms with Crippen molar-refractivity contribution in [1.29, 1.82) is 0 Å². The van der Waals surface area contributed by atoms with Gasteiger partial charge in [-0.1, -0.05) is 23.7 Å². The van der Waals surface area contributed by atoms with Crippen molar-refractivity contribution in [3.05, 3.63) is 97.9 Å². The van der Waals surface area contributed by atoms with E-state index in [9.17, 15) is 37.8 Å². The quantitative estimate of drug-likeness (QED) is 0.208. The Morgan fingerprint density at radius 1 is 1.00 bits per heavy atom. The number of fused-ring (bicyclic) bond motifs is 1. The summed E-state index contributed by atoms with van der Waals surface area (Å²) < 4.78 is 47.0. The van der Waals surface area contributed by atoms with Crippen LogP contribution in [0.4, 0.5) is 18.9 Å². The van der Waals surface area contributed by atoms with Gasteiger partial charge in [-0.3, -0.25) is 14.4 Å². The molecule has 2 amide bonds. The molecular formula is C35H33ClF3N7O6. The zero-order chi connectivity index (χ0) is 37.7. The molecule has 3 N–H and O–H groups in total. The van der Waals surface area contributed by atoms with Crippen molar-refractivity contribution in [2.24, 2.45) is 0 Å².